The van der Waals surface area contributed by atoms with E-state index in [1.165, 1.54) is 10.7 Å². The summed E-state index contributed by atoms with van der Waals surface area (Å²) in [6.07, 6.45) is 1.59. The van der Waals surface area contributed by atoms with Crippen molar-refractivity contribution < 1.29 is 9.50 Å². The molecule has 4 nitrogen and oxygen atoms in total. The monoisotopic (exact) mass is 235 g/mol. The number of halogens is 1. The largest absolute Gasteiger partial charge is 0.390 e. The standard InChI is InChI=1S/C12H14FN3O/c1-2-5-12-10(8-17)14-15-16(12)11-7-4-3-6-9(11)13/h3-4,6-7,17H,2,5,8H2,1H3. The average Bonchev–Trinajstić information content (AvgIpc) is 2.73. The fourth-order valence-corrected chi connectivity index (χ4v) is 1.76. The summed E-state index contributed by atoms with van der Waals surface area (Å²) >= 11 is 0. The van der Waals surface area contributed by atoms with E-state index in [1.807, 2.05) is 6.92 Å². The molecular weight excluding hydrogens is 221 g/mol. The number of aliphatic hydroxyl groups excluding tert-OH is 1. The predicted molar refractivity (Wildman–Crippen MR) is 61.2 cm³/mol. The number of aromatic nitrogens is 3. The second kappa shape index (κ2) is 5.05. The number of para-hydroxylation sites is 1. The Morgan fingerprint density at radius 3 is 2.76 bits per heavy atom. The molecular formula is C12H14FN3O. The maximum absolute atomic E-state index is 13.7. The molecule has 0 spiro atoms. The fraction of sp³-hybridized carbons (Fsp3) is 0.333. The quantitative estimate of drug-likeness (QED) is 0.879. The van der Waals surface area contributed by atoms with Gasteiger partial charge in [-0.1, -0.05) is 30.7 Å². The van der Waals surface area contributed by atoms with Gasteiger partial charge >= 0.3 is 0 Å². The smallest absolute Gasteiger partial charge is 0.148 e. The maximum atomic E-state index is 13.7. The highest BCUT2D eigenvalue weighted by atomic mass is 19.1. The van der Waals surface area contributed by atoms with Gasteiger partial charge in [0.1, 0.15) is 17.2 Å². The van der Waals surface area contributed by atoms with Gasteiger partial charge < -0.3 is 5.11 Å². The number of rotatable bonds is 4. The third kappa shape index (κ3) is 2.19. The average molecular weight is 235 g/mol. The Labute approximate surface area is 98.7 Å². The van der Waals surface area contributed by atoms with Gasteiger partial charge in [-0.3, -0.25) is 0 Å². The van der Waals surface area contributed by atoms with Crippen LogP contribution in [-0.4, -0.2) is 20.1 Å². The molecule has 1 heterocycles. The Morgan fingerprint density at radius 2 is 2.12 bits per heavy atom. The predicted octanol–water partition coefficient (Wildman–Crippen LogP) is 1.85. The van der Waals surface area contributed by atoms with Crippen LogP contribution in [0.2, 0.25) is 0 Å². The van der Waals surface area contributed by atoms with Crippen LogP contribution in [0, 0.1) is 5.82 Å². The van der Waals surface area contributed by atoms with Gasteiger partial charge in [0, 0.05) is 0 Å². The fourth-order valence-electron chi connectivity index (χ4n) is 1.76. The molecule has 0 aliphatic rings. The van der Waals surface area contributed by atoms with Crippen LogP contribution in [0.3, 0.4) is 0 Å². The normalized spacial score (nSPS) is 10.8. The number of benzene rings is 1. The molecule has 0 aliphatic carbocycles. The van der Waals surface area contributed by atoms with Crippen molar-refractivity contribution in [1.82, 2.24) is 15.0 Å². The molecule has 2 aromatic rings. The van der Waals surface area contributed by atoms with Crippen LogP contribution in [0.5, 0.6) is 0 Å². The van der Waals surface area contributed by atoms with E-state index in [-0.39, 0.29) is 12.4 Å². The first-order valence-corrected chi connectivity index (χ1v) is 5.57. The van der Waals surface area contributed by atoms with E-state index in [0.717, 1.165) is 12.1 Å². The molecule has 0 atom stereocenters. The van der Waals surface area contributed by atoms with E-state index in [4.69, 9.17) is 5.11 Å². The molecule has 0 bridgehead atoms. The van der Waals surface area contributed by atoms with Gasteiger partial charge in [0.25, 0.3) is 0 Å². The van der Waals surface area contributed by atoms with E-state index < -0.39 is 0 Å². The molecule has 1 aromatic heterocycles. The molecule has 0 saturated carbocycles. The highest BCUT2D eigenvalue weighted by Gasteiger charge is 2.14. The summed E-state index contributed by atoms with van der Waals surface area (Å²) in [5.41, 5.74) is 1.64. The van der Waals surface area contributed by atoms with Crippen LogP contribution in [0.25, 0.3) is 5.69 Å². The zero-order chi connectivity index (χ0) is 12.3. The van der Waals surface area contributed by atoms with Crippen molar-refractivity contribution in [2.24, 2.45) is 0 Å². The Hall–Kier alpha value is -1.75. The van der Waals surface area contributed by atoms with Gasteiger partial charge in [-0.25, -0.2) is 9.07 Å². The minimum Gasteiger partial charge on any atom is -0.390 e. The van der Waals surface area contributed by atoms with E-state index >= 15 is 0 Å². The lowest BCUT2D eigenvalue weighted by atomic mass is 10.2. The van der Waals surface area contributed by atoms with Crippen LogP contribution in [-0.2, 0) is 13.0 Å². The lowest BCUT2D eigenvalue weighted by Gasteiger charge is -2.07. The first-order chi connectivity index (χ1) is 8.27. The molecule has 0 unspecified atom stereocenters. The van der Waals surface area contributed by atoms with Crippen molar-refractivity contribution in [2.45, 2.75) is 26.4 Å². The summed E-state index contributed by atoms with van der Waals surface area (Å²) in [7, 11) is 0. The summed E-state index contributed by atoms with van der Waals surface area (Å²) in [5.74, 6) is -0.348. The molecule has 0 aliphatic heterocycles. The zero-order valence-corrected chi connectivity index (χ0v) is 9.60. The molecule has 0 fully saturated rings. The van der Waals surface area contributed by atoms with Crippen LogP contribution < -0.4 is 0 Å². The summed E-state index contributed by atoms with van der Waals surface area (Å²) < 4.78 is 15.1. The minimum absolute atomic E-state index is 0.177. The van der Waals surface area contributed by atoms with Gasteiger partial charge in [0.2, 0.25) is 0 Å². The second-order valence-electron chi connectivity index (χ2n) is 3.75. The Bertz CT molecular complexity index is 510. The molecule has 0 saturated heterocycles. The molecule has 0 radical (unpaired) electrons. The topological polar surface area (TPSA) is 50.9 Å². The Morgan fingerprint density at radius 1 is 1.35 bits per heavy atom. The molecule has 17 heavy (non-hydrogen) atoms. The SMILES string of the molecule is CCCc1c(CO)nnn1-c1ccccc1F. The van der Waals surface area contributed by atoms with Crippen molar-refractivity contribution in [3.63, 3.8) is 0 Å². The number of nitrogens with zero attached hydrogens (tertiary/aromatic N) is 3. The summed E-state index contributed by atoms with van der Waals surface area (Å²) in [4.78, 5) is 0. The molecule has 1 N–H and O–H groups in total. The van der Waals surface area contributed by atoms with E-state index in [1.54, 1.807) is 18.2 Å². The van der Waals surface area contributed by atoms with Crippen molar-refractivity contribution in [3.05, 3.63) is 41.5 Å². The zero-order valence-electron chi connectivity index (χ0n) is 9.60. The van der Waals surface area contributed by atoms with Gasteiger partial charge in [-0.15, -0.1) is 5.10 Å². The van der Waals surface area contributed by atoms with Crippen molar-refractivity contribution in [1.29, 1.82) is 0 Å². The maximum Gasteiger partial charge on any atom is 0.148 e. The molecule has 2 rings (SSSR count). The first-order valence-electron chi connectivity index (χ1n) is 5.57. The summed E-state index contributed by atoms with van der Waals surface area (Å²) in [6.45, 7) is 1.84. The Kier molecular flexibility index (Phi) is 3.49. The Balaban J connectivity index is 2.52. The number of aliphatic hydroxyl groups is 1. The highest BCUT2D eigenvalue weighted by Crippen LogP contribution is 2.17. The van der Waals surface area contributed by atoms with Gasteiger partial charge in [-0.2, -0.15) is 0 Å². The second-order valence-corrected chi connectivity index (χ2v) is 3.75. The molecule has 5 heteroatoms. The lowest BCUT2D eigenvalue weighted by molar-refractivity contribution is 0.275. The van der Waals surface area contributed by atoms with E-state index in [2.05, 4.69) is 10.3 Å². The number of hydrogen-bond acceptors (Lipinski definition) is 3. The van der Waals surface area contributed by atoms with Crippen LogP contribution in [0.15, 0.2) is 24.3 Å². The van der Waals surface area contributed by atoms with Crippen LogP contribution in [0.1, 0.15) is 24.7 Å². The lowest BCUT2D eigenvalue weighted by Crippen LogP contribution is -2.05. The highest BCUT2D eigenvalue weighted by molar-refractivity contribution is 5.34. The molecule has 1 aromatic carbocycles. The van der Waals surface area contributed by atoms with Gasteiger partial charge in [-0.05, 0) is 18.6 Å². The minimum atomic E-state index is -0.348. The van der Waals surface area contributed by atoms with E-state index in [0.29, 0.717) is 17.8 Å². The van der Waals surface area contributed by atoms with Crippen molar-refractivity contribution in [2.75, 3.05) is 0 Å². The molecule has 90 valence electrons. The first kappa shape index (κ1) is 11.7. The summed E-state index contributed by atoms with van der Waals surface area (Å²) in [5, 5.41) is 16.9. The summed E-state index contributed by atoms with van der Waals surface area (Å²) in [6, 6.07) is 6.40. The van der Waals surface area contributed by atoms with Crippen LogP contribution in [0.4, 0.5) is 4.39 Å². The third-order valence-electron chi connectivity index (χ3n) is 2.56. The molecule has 0 amide bonds. The number of hydrogen-bond donors (Lipinski definition) is 1. The van der Waals surface area contributed by atoms with Gasteiger partial charge in [0.15, 0.2) is 0 Å². The van der Waals surface area contributed by atoms with Crippen LogP contribution >= 0.6 is 0 Å². The van der Waals surface area contributed by atoms with Gasteiger partial charge in [0.05, 0.1) is 12.3 Å². The third-order valence-corrected chi connectivity index (χ3v) is 2.56. The van der Waals surface area contributed by atoms with Crippen molar-refractivity contribution in [3.8, 4) is 5.69 Å². The van der Waals surface area contributed by atoms with E-state index in [9.17, 15) is 4.39 Å². The van der Waals surface area contributed by atoms with Crippen molar-refractivity contribution >= 4 is 0 Å².